The van der Waals surface area contributed by atoms with E-state index in [1.54, 1.807) is 6.92 Å². The quantitative estimate of drug-likeness (QED) is 0.661. The van der Waals surface area contributed by atoms with Crippen LogP contribution in [-0.4, -0.2) is 31.5 Å². The summed E-state index contributed by atoms with van der Waals surface area (Å²) in [6.07, 6.45) is -5.81. The number of hydrogen-bond acceptors (Lipinski definition) is 2. The Morgan fingerprint density at radius 3 is 2.58 bits per heavy atom. The Morgan fingerprint density at radius 1 is 1.42 bits per heavy atom. The van der Waals surface area contributed by atoms with Crippen LogP contribution in [0.1, 0.15) is 13.3 Å². The monoisotopic (exact) mass is 183 g/mol. The van der Waals surface area contributed by atoms with Crippen molar-refractivity contribution in [2.24, 2.45) is 0 Å². The van der Waals surface area contributed by atoms with Crippen LogP contribution in [0.25, 0.3) is 0 Å². The van der Waals surface area contributed by atoms with Crippen LogP contribution < -0.4 is 5.32 Å². The summed E-state index contributed by atoms with van der Waals surface area (Å²) in [4.78, 5) is 0. The van der Waals surface area contributed by atoms with Gasteiger partial charge in [-0.15, -0.1) is 0 Å². The summed E-state index contributed by atoms with van der Waals surface area (Å²) in [5.74, 6) is 0. The van der Waals surface area contributed by atoms with Crippen LogP contribution in [-0.2, 0) is 4.74 Å². The molecule has 0 aromatic rings. The van der Waals surface area contributed by atoms with Crippen LogP contribution in [0.5, 0.6) is 0 Å². The van der Waals surface area contributed by atoms with Gasteiger partial charge in [0.1, 0.15) is 0 Å². The molecule has 72 valence electrons. The average Bonchev–Trinajstić information content (AvgIpc) is 1.82. The summed E-state index contributed by atoms with van der Waals surface area (Å²) in [7, 11) is 0. The van der Waals surface area contributed by atoms with Crippen molar-refractivity contribution in [2.45, 2.75) is 31.7 Å². The van der Waals surface area contributed by atoms with Gasteiger partial charge in [0, 0.05) is 13.1 Å². The van der Waals surface area contributed by atoms with E-state index in [0.717, 1.165) is 0 Å². The van der Waals surface area contributed by atoms with E-state index in [1.807, 2.05) is 0 Å². The molecule has 12 heavy (non-hydrogen) atoms. The summed E-state index contributed by atoms with van der Waals surface area (Å²) in [6, 6.07) is 0. The summed E-state index contributed by atoms with van der Waals surface area (Å²) >= 11 is 0. The molecule has 1 fully saturated rings. The second-order valence-electron chi connectivity index (χ2n) is 3.05. The maximum atomic E-state index is 11.9. The standard InChI is InChI=1S/C7H12F3NO/c1-5-3-11-4-6(12-5)2-7(8,9)10/h5-6,11H,2-4H2,1H3/t5-,6-/m0/s1. The molecule has 0 aromatic carbocycles. The number of halogens is 3. The zero-order chi connectivity index (χ0) is 9.19. The molecule has 0 aliphatic carbocycles. The highest BCUT2D eigenvalue weighted by molar-refractivity contribution is 4.74. The first-order valence-corrected chi connectivity index (χ1v) is 3.90. The van der Waals surface area contributed by atoms with Crippen molar-refractivity contribution in [3.8, 4) is 0 Å². The SMILES string of the molecule is C[C@H]1CNC[C@H](CC(F)(F)F)O1. The fraction of sp³-hybridized carbons (Fsp3) is 1.00. The molecule has 0 radical (unpaired) electrons. The van der Waals surface area contributed by atoms with E-state index in [4.69, 9.17) is 4.74 Å². The van der Waals surface area contributed by atoms with Crippen LogP contribution in [0.3, 0.4) is 0 Å². The predicted molar refractivity (Wildman–Crippen MR) is 37.9 cm³/mol. The molecular formula is C7H12F3NO. The highest BCUT2D eigenvalue weighted by Gasteiger charge is 2.34. The van der Waals surface area contributed by atoms with Crippen molar-refractivity contribution in [3.63, 3.8) is 0 Å². The van der Waals surface area contributed by atoms with Gasteiger partial charge in [-0.2, -0.15) is 13.2 Å². The third-order valence-electron chi connectivity index (χ3n) is 1.69. The lowest BCUT2D eigenvalue weighted by Gasteiger charge is -2.29. The number of hydrogen-bond donors (Lipinski definition) is 1. The summed E-state index contributed by atoms with van der Waals surface area (Å²) < 4.78 is 40.7. The average molecular weight is 183 g/mol. The fourth-order valence-electron chi connectivity index (χ4n) is 1.25. The molecule has 0 amide bonds. The van der Waals surface area contributed by atoms with E-state index in [0.29, 0.717) is 13.1 Å². The second kappa shape index (κ2) is 3.62. The molecule has 0 aromatic heterocycles. The molecular weight excluding hydrogens is 171 g/mol. The van der Waals surface area contributed by atoms with Crippen molar-refractivity contribution in [1.29, 1.82) is 0 Å². The van der Waals surface area contributed by atoms with Crippen molar-refractivity contribution in [1.82, 2.24) is 5.32 Å². The van der Waals surface area contributed by atoms with Crippen LogP contribution in [0.4, 0.5) is 13.2 Å². The number of alkyl halides is 3. The fourth-order valence-corrected chi connectivity index (χ4v) is 1.25. The van der Waals surface area contributed by atoms with E-state index in [2.05, 4.69) is 5.32 Å². The van der Waals surface area contributed by atoms with Crippen LogP contribution in [0.15, 0.2) is 0 Å². The van der Waals surface area contributed by atoms with Gasteiger partial charge in [-0.1, -0.05) is 0 Å². The Morgan fingerprint density at radius 2 is 2.08 bits per heavy atom. The topological polar surface area (TPSA) is 21.3 Å². The van der Waals surface area contributed by atoms with Gasteiger partial charge in [0.15, 0.2) is 0 Å². The van der Waals surface area contributed by atoms with Crippen molar-refractivity contribution in [2.75, 3.05) is 13.1 Å². The predicted octanol–water partition coefficient (Wildman–Crippen LogP) is 1.32. The number of morpholine rings is 1. The number of nitrogens with one attached hydrogen (secondary N) is 1. The summed E-state index contributed by atoms with van der Waals surface area (Å²) in [5, 5.41) is 2.88. The van der Waals surface area contributed by atoms with Crippen molar-refractivity contribution < 1.29 is 17.9 Å². The molecule has 1 aliphatic heterocycles. The van der Waals surface area contributed by atoms with Crippen molar-refractivity contribution in [3.05, 3.63) is 0 Å². The maximum absolute atomic E-state index is 11.9. The molecule has 0 bridgehead atoms. The minimum atomic E-state index is -4.12. The van der Waals surface area contributed by atoms with Gasteiger partial charge in [0.25, 0.3) is 0 Å². The van der Waals surface area contributed by atoms with E-state index >= 15 is 0 Å². The van der Waals surface area contributed by atoms with Crippen LogP contribution >= 0.6 is 0 Å². The summed E-state index contributed by atoms with van der Waals surface area (Å²) in [6.45, 7) is 2.69. The highest BCUT2D eigenvalue weighted by atomic mass is 19.4. The molecule has 1 rings (SSSR count). The molecule has 0 unspecified atom stereocenters. The lowest BCUT2D eigenvalue weighted by Crippen LogP contribution is -2.45. The Hall–Kier alpha value is -0.290. The summed E-state index contributed by atoms with van der Waals surface area (Å²) in [5.41, 5.74) is 0. The van der Waals surface area contributed by atoms with Crippen LogP contribution in [0, 0.1) is 0 Å². The van der Waals surface area contributed by atoms with E-state index in [9.17, 15) is 13.2 Å². The van der Waals surface area contributed by atoms with Gasteiger partial charge in [-0.25, -0.2) is 0 Å². The van der Waals surface area contributed by atoms with E-state index < -0.39 is 18.7 Å². The molecule has 2 nitrogen and oxygen atoms in total. The molecule has 0 saturated carbocycles. The van der Waals surface area contributed by atoms with Gasteiger partial charge in [-0.05, 0) is 6.92 Å². The minimum Gasteiger partial charge on any atom is -0.372 e. The molecule has 1 heterocycles. The zero-order valence-electron chi connectivity index (χ0n) is 6.82. The highest BCUT2D eigenvalue weighted by Crippen LogP contribution is 2.24. The van der Waals surface area contributed by atoms with E-state index in [1.165, 1.54) is 0 Å². The maximum Gasteiger partial charge on any atom is 0.391 e. The Kier molecular flexibility index (Phi) is 2.95. The normalized spacial score (nSPS) is 32.0. The third kappa shape index (κ3) is 3.40. The first kappa shape index (κ1) is 9.80. The minimum absolute atomic E-state index is 0.119. The smallest absolute Gasteiger partial charge is 0.372 e. The molecule has 1 N–H and O–H groups in total. The largest absolute Gasteiger partial charge is 0.391 e. The molecule has 1 aliphatic rings. The molecule has 5 heteroatoms. The van der Waals surface area contributed by atoms with Crippen molar-refractivity contribution >= 4 is 0 Å². The first-order chi connectivity index (χ1) is 5.47. The van der Waals surface area contributed by atoms with Gasteiger partial charge in [0.05, 0.1) is 18.6 Å². The lowest BCUT2D eigenvalue weighted by molar-refractivity contribution is -0.170. The van der Waals surface area contributed by atoms with Gasteiger partial charge in [0.2, 0.25) is 0 Å². The number of ether oxygens (including phenoxy) is 1. The van der Waals surface area contributed by atoms with Gasteiger partial charge in [-0.3, -0.25) is 0 Å². The molecule has 0 spiro atoms. The second-order valence-corrected chi connectivity index (χ2v) is 3.05. The zero-order valence-corrected chi connectivity index (χ0v) is 6.82. The van der Waals surface area contributed by atoms with Gasteiger partial charge >= 0.3 is 6.18 Å². The van der Waals surface area contributed by atoms with E-state index in [-0.39, 0.29) is 6.10 Å². The van der Waals surface area contributed by atoms with Crippen LogP contribution in [0.2, 0.25) is 0 Å². The lowest BCUT2D eigenvalue weighted by atomic mass is 10.2. The Labute approximate surface area is 69.1 Å². The number of rotatable bonds is 1. The Bertz CT molecular complexity index is 148. The first-order valence-electron chi connectivity index (χ1n) is 3.90. The Balaban J connectivity index is 2.32. The molecule has 1 saturated heterocycles. The van der Waals surface area contributed by atoms with Gasteiger partial charge < -0.3 is 10.1 Å². The third-order valence-corrected chi connectivity index (χ3v) is 1.69. The molecule has 2 atom stereocenters.